The lowest BCUT2D eigenvalue weighted by molar-refractivity contribution is 0.642. The van der Waals surface area contributed by atoms with Crippen LogP contribution in [0.2, 0.25) is 0 Å². The predicted molar refractivity (Wildman–Crippen MR) is 59.0 cm³/mol. The van der Waals surface area contributed by atoms with Crippen LogP contribution >= 0.6 is 0 Å². The fourth-order valence-corrected chi connectivity index (χ4v) is 2.03. The summed E-state index contributed by atoms with van der Waals surface area (Å²) in [6.07, 6.45) is 4.91. The summed E-state index contributed by atoms with van der Waals surface area (Å²) in [5, 5.41) is 7.62. The third-order valence-corrected chi connectivity index (χ3v) is 2.85. The van der Waals surface area contributed by atoms with E-state index in [1.54, 1.807) is 6.20 Å². The maximum Gasteiger partial charge on any atom is 0.0648 e. The molecular formula is C12H13N3. The third kappa shape index (κ3) is 1.55. The van der Waals surface area contributed by atoms with Gasteiger partial charge in [0.2, 0.25) is 0 Å². The topological polar surface area (TPSA) is 29.9 Å². The first kappa shape index (κ1) is 8.68. The first-order chi connectivity index (χ1) is 7.43. The molecule has 2 aromatic rings. The lowest BCUT2D eigenvalue weighted by Gasteiger charge is -2.17. The fourth-order valence-electron chi connectivity index (χ4n) is 2.03. The van der Waals surface area contributed by atoms with Crippen molar-refractivity contribution in [2.45, 2.75) is 13.0 Å². The highest BCUT2D eigenvalue weighted by atomic mass is 15.3. The van der Waals surface area contributed by atoms with Crippen LogP contribution in [0.5, 0.6) is 0 Å². The fraction of sp³-hybridized carbons (Fsp3) is 0.250. The number of rotatable bonds is 1. The Labute approximate surface area is 88.7 Å². The van der Waals surface area contributed by atoms with Gasteiger partial charge >= 0.3 is 0 Å². The molecule has 1 aliphatic heterocycles. The van der Waals surface area contributed by atoms with Crippen LogP contribution in [0, 0.1) is 0 Å². The average molecular weight is 199 g/mol. The van der Waals surface area contributed by atoms with Gasteiger partial charge in [0.25, 0.3) is 0 Å². The molecule has 0 bridgehead atoms. The summed E-state index contributed by atoms with van der Waals surface area (Å²) in [6.45, 7) is 2.07. The minimum absolute atomic E-state index is 0.977. The Morgan fingerprint density at radius 2 is 2.27 bits per heavy atom. The SMILES string of the molecule is c1cnn(-c2ccc3c(c2)CNCC3)c1. The molecule has 0 atom stereocenters. The van der Waals surface area contributed by atoms with E-state index in [9.17, 15) is 0 Å². The molecule has 1 N–H and O–H groups in total. The maximum absolute atomic E-state index is 4.23. The molecule has 1 aromatic carbocycles. The number of nitrogens with zero attached hydrogens (tertiary/aromatic N) is 2. The zero-order valence-corrected chi connectivity index (χ0v) is 8.48. The molecule has 0 amide bonds. The quantitative estimate of drug-likeness (QED) is 0.754. The van der Waals surface area contributed by atoms with Crippen molar-refractivity contribution in [3.05, 3.63) is 47.8 Å². The summed E-state index contributed by atoms with van der Waals surface area (Å²) < 4.78 is 1.90. The second-order valence-corrected chi connectivity index (χ2v) is 3.83. The van der Waals surface area contributed by atoms with Crippen LogP contribution < -0.4 is 5.32 Å². The minimum atomic E-state index is 0.977. The van der Waals surface area contributed by atoms with Gasteiger partial charge in [0.1, 0.15) is 0 Å². The molecule has 1 aromatic heterocycles. The van der Waals surface area contributed by atoms with Gasteiger partial charge in [0, 0.05) is 18.9 Å². The van der Waals surface area contributed by atoms with Crippen molar-refractivity contribution in [3.8, 4) is 5.69 Å². The monoisotopic (exact) mass is 199 g/mol. The highest BCUT2D eigenvalue weighted by Crippen LogP contribution is 2.17. The van der Waals surface area contributed by atoms with Crippen molar-refractivity contribution < 1.29 is 0 Å². The molecule has 0 aliphatic carbocycles. The molecule has 0 unspecified atom stereocenters. The Morgan fingerprint density at radius 3 is 3.13 bits per heavy atom. The molecule has 15 heavy (non-hydrogen) atoms. The van der Waals surface area contributed by atoms with Crippen LogP contribution in [0.3, 0.4) is 0 Å². The summed E-state index contributed by atoms with van der Waals surface area (Å²) in [4.78, 5) is 0. The Kier molecular flexibility index (Phi) is 2.03. The predicted octanol–water partition coefficient (Wildman–Crippen LogP) is 1.52. The molecule has 3 heteroatoms. The summed E-state index contributed by atoms with van der Waals surface area (Å²) in [6, 6.07) is 8.51. The van der Waals surface area contributed by atoms with E-state index in [4.69, 9.17) is 0 Å². The van der Waals surface area contributed by atoms with Crippen LogP contribution in [-0.2, 0) is 13.0 Å². The van der Waals surface area contributed by atoms with Gasteiger partial charge in [0.05, 0.1) is 5.69 Å². The molecule has 0 fully saturated rings. The van der Waals surface area contributed by atoms with Gasteiger partial charge in [-0.05, 0) is 42.3 Å². The van der Waals surface area contributed by atoms with Crippen LogP contribution in [-0.4, -0.2) is 16.3 Å². The number of benzene rings is 1. The van der Waals surface area contributed by atoms with Crippen molar-refractivity contribution in [2.24, 2.45) is 0 Å². The maximum atomic E-state index is 4.23. The summed E-state index contributed by atoms with van der Waals surface area (Å²) in [7, 11) is 0. The largest absolute Gasteiger partial charge is 0.312 e. The van der Waals surface area contributed by atoms with E-state index < -0.39 is 0 Å². The highest BCUT2D eigenvalue weighted by molar-refractivity contribution is 5.41. The lowest BCUT2D eigenvalue weighted by Crippen LogP contribution is -2.23. The first-order valence-electron chi connectivity index (χ1n) is 5.26. The second kappa shape index (κ2) is 3.51. The Balaban J connectivity index is 2.04. The molecule has 3 nitrogen and oxygen atoms in total. The Bertz CT molecular complexity index is 460. The van der Waals surface area contributed by atoms with Gasteiger partial charge in [-0.1, -0.05) is 6.07 Å². The van der Waals surface area contributed by atoms with E-state index in [1.807, 2.05) is 16.9 Å². The molecule has 2 heterocycles. The molecule has 0 radical (unpaired) electrons. The van der Waals surface area contributed by atoms with E-state index in [1.165, 1.54) is 11.1 Å². The molecule has 3 rings (SSSR count). The van der Waals surface area contributed by atoms with Crippen molar-refractivity contribution in [2.75, 3.05) is 6.54 Å². The van der Waals surface area contributed by atoms with Gasteiger partial charge < -0.3 is 5.32 Å². The lowest BCUT2D eigenvalue weighted by atomic mass is 10.0. The molecule has 1 aliphatic rings. The number of aromatic nitrogens is 2. The van der Waals surface area contributed by atoms with Crippen LogP contribution in [0.15, 0.2) is 36.7 Å². The normalized spacial score (nSPS) is 14.9. The first-order valence-corrected chi connectivity index (χ1v) is 5.26. The third-order valence-electron chi connectivity index (χ3n) is 2.85. The summed E-state index contributed by atoms with van der Waals surface area (Å²) in [5.74, 6) is 0. The van der Waals surface area contributed by atoms with Crippen molar-refractivity contribution >= 4 is 0 Å². The van der Waals surface area contributed by atoms with E-state index >= 15 is 0 Å². The van der Waals surface area contributed by atoms with E-state index in [2.05, 4.69) is 28.6 Å². The van der Waals surface area contributed by atoms with Crippen LogP contribution in [0.4, 0.5) is 0 Å². The van der Waals surface area contributed by atoms with Crippen LogP contribution in [0.25, 0.3) is 5.69 Å². The molecular weight excluding hydrogens is 186 g/mol. The Hall–Kier alpha value is -1.61. The van der Waals surface area contributed by atoms with Gasteiger partial charge in [-0.25, -0.2) is 4.68 Å². The Morgan fingerprint density at radius 1 is 1.27 bits per heavy atom. The molecule has 0 saturated carbocycles. The summed E-state index contributed by atoms with van der Waals surface area (Å²) in [5.41, 5.74) is 4.00. The zero-order valence-electron chi connectivity index (χ0n) is 8.48. The molecule has 0 saturated heterocycles. The van der Waals surface area contributed by atoms with Gasteiger partial charge in [0.15, 0.2) is 0 Å². The number of nitrogens with one attached hydrogen (secondary N) is 1. The average Bonchev–Trinajstić information content (AvgIpc) is 2.82. The van der Waals surface area contributed by atoms with E-state index in [0.29, 0.717) is 0 Å². The van der Waals surface area contributed by atoms with Gasteiger partial charge in [-0.3, -0.25) is 0 Å². The number of fused-ring (bicyclic) bond motifs is 1. The van der Waals surface area contributed by atoms with E-state index in [-0.39, 0.29) is 0 Å². The molecule has 76 valence electrons. The molecule has 0 spiro atoms. The van der Waals surface area contributed by atoms with Crippen molar-refractivity contribution in [1.29, 1.82) is 0 Å². The van der Waals surface area contributed by atoms with Gasteiger partial charge in [-0.2, -0.15) is 5.10 Å². The summed E-state index contributed by atoms with van der Waals surface area (Å²) >= 11 is 0. The van der Waals surface area contributed by atoms with Crippen molar-refractivity contribution in [1.82, 2.24) is 15.1 Å². The minimum Gasteiger partial charge on any atom is -0.312 e. The van der Waals surface area contributed by atoms with E-state index in [0.717, 1.165) is 25.2 Å². The smallest absolute Gasteiger partial charge is 0.0648 e. The van der Waals surface area contributed by atoms with Gasteiger partial charge in [-0.15, -0.1) is 0 Å². The standard InChI is InChI=1S/C12H13N3/c1-5-14-15(7-1)12-3-2-10-4-6-13-9-11(10)8-12/h1-3,5,7-8,13H,4,6,9H2. The zero-order chi connectivity index (χ0) is 10.1. The number of hydrogen-bond acceptors (Lipinski definition) is 2. The highest BCUT2D eigenvalue weighted by Gasteiger charge is 2.09. The second-order valence-electron chi connectivity index (χ2n) is 3.83. The number of hydrogen-bond donors (Lipinski definition) is 1. The van der Waals surface area contributed by atoms with Crippen LogP contribution in [0.1, 0.15) is 11.1 Å². The van der Waals surface area contributed by atoms with Crippen molar-refractivity contribution in [3.63, 3.8) is 0 Å².